The van der Waals surface area contributed by atoms with Gasteiger partial charge in [0.15, 0.2) is 11.5 Å². The lowest BCUT2D eigenvalue weighted by molar-refractivity contribution is 0.123. The van der Waals surface area contributed by atoms with Crippen molar-refractivity contribution in [2.24, 2.45) is 0 Å². The lowest BCUT2D eigenvalue weighted by Gasteiger charge is -2.30. The summed E-state index contributed by atoms with van der Waals surface area (Å²) in [4.78, 5) is 14.7. The molecule has 2 aliphatic rings. The van der Waals surface area contributed by atoms with E-state index in [0.29, 0.717) is 6.04 Å². The number of pyridine rings is 1. The van der Waals surface area contributed by atoms with Crippen molar-refractivity contribution < 1.29 is 4.74 Å². The fraction of sp³-hybridized carbons (Fsp3) is 0.423. The number of morpholine rings is 1. The van der Waals surface area contributed by atoms with Gasteiger partial charge in [0.05, 0.1) is 30.9 Å². The van der Waals surface area contributed by atoms with Crippen molar-refractivity contribution in [3.05, 3.63) is 54.5 Å². The number of aryl methyl sites for hydroxylation is 1. The van der Waals surface area contributed by atoms with E-state index in [4.69, 9.17) is 19.8 Å². The summed E-state index contributed by atoms with van der Waals surface area (Å²) in [5.41, 5.74) is 6.31. The molecule has 3 aromatic heterocycles. The third kappa shape index (κ3) is 3.97. The molecule has 0 aliphatic carbocycles. The maximum atomic E-state index is 5.62. The van der Waals surface area contributed by atoms with Gasteiger partial charge >= 0.3 is 0 Å². The molecule has 176 valence electrons. The van der Waals surface area contributed by atoms with Crippen LogP contribution >= 0.6 is 0 Å². The molecule has 0 bridgehead atoms. The first-order chi connectivity index (χ1) is 16.7. The van der Waals surface area contributed by atoms with Crippen LogP contribution in [0, 0.1) is 6.92 Å². The topological polar surface area (TPSA) is 64.2 Å². The molecular weight excluding hydrogens is 426 g/mol. The van der Waals surface area contributed by atoms with Crippen molar-refractivity contribution in [3.8, 4) is 17.1 Å². The number of hydrogen-bond acceptors (Lipinski definition) is 6. The van der Waals surface area contributed by atoms with Crippen LogP contribution in [0.15, 0.2) is 48.9 Å². The zero-order valence-corrected chi connectivity index (χ0v) is 19.9. The molecule has 6 rings (SSSR count). The van der Waals surface area contributed by atoms with Crippen LogP contribution in [0.2, 0.25) is 0 Å². The molecule has 0 spiro atoms. The molecule has 0 atom stereocenters. The summed E-state index contributed by atoms with van der Waals surface area (Å²) in [7, 11) is 2.19. The second-order valence-electron chi connectivity index (χ2n) is 9.47. The third-order valence-corrected chi connectivity index (χ3v) is 7.07. The molecule has 0 N–H and O–H groups in total. The van der Waals surface area contributed by atoms with Crippen molar-refractivity contribution in [1.82, 2.24) is 29.2 Å². The number of aromatic nitrogens is 5. The molecule has 1 aromatic carbocycles. The highest BCUT2D eigenvalue weighted by molar-refractivity contribution is 5.88. The van der Waals surface area contributed by atoms with Gasteiger partial charge in [-0.1, -0.05) is 23.8 Å². The summed E-state index contributed by atoms with van der Waals surface area (Å²) in [6.45, 7) is 7.47. The number of piperidine rings is 1. The summed E-state index contributed by atoms with van der Waals surface area (Å²) >= 11 is 0. The van der Waals surface area contributed by atoms with Gasteiger partial charge in [0.1, 0.15) is 5.52 Å². The predicted octanol–water partition coefficient (Wildman–Crippen LogP) is 3.70. The number of anilines is 1. The van der Waals surface area contributed by atoms with Crippen LogP contribution in [0.25, 0.3) is 28.2 Å². The number of likely N-dealkylation sites (tertiary alicyclic amines) is 1. The summed E-state index contributed by atoms with van der Waals surface area (Å²) in [6.07, 6.45) is 6.22. The Balaban J connectivity index is 1.44. The zero-order chi connectivity index (χ0) is 23.1. The first-order valence-electron chi connectivity index (χ1n) is 12.2. The summed E-state index contributed by atoms with van der Waals surface area (Å²) in [6, 6.07) is 13.1. The molecule has 8 heteroatoms. The van der Waals surface area contributed by atoms with Crippen LogP contribution in [-0.2, 0) is 4.74 Å². The first kappa shape index (κ1) is 21.3. The average molecular weight is 458 g/mol. The minimum atomic E-state index is 0.418. The molecular formula is C26H31N7O. The zero-order valence-electron chi connectivity index (χ0n) is 19.9. The van der Waals surface area contributed by atoms with E-state index in [2.05, 4.69) is 64.7 Å². The average Bonchev–Trinajstić information content (AvgIpc) is 3.52. The SMILES string of the molecule is Cc1cccc(-c2ccn(-c3cc(N4CCOCC4)c4ncn(C5CCN(C)CC5)c4n3)n2)c1. The number of ether oxygens (including phenoxy) is 1. The highest BCUT2D eigenvalue weighted by Crippen LogP contribution is 2.32. The van der Waals surface area contributed by atoms with Crippen LogP contribution in [0.4, 0.5) is 5.69 Å². The minimum Gasteiger partial charge on any atom is -0.378 e. The van der Waals surface area contributed by atoms with Gasteiger partial charge in [0, 0.05) is 37.0 Å². The van der Waals surface area contributed by atoms with E-state index in [-0.39, 0.29) is 0 Å². The molecule has 34 heavy (non-hydrogen) atoms. The van der Waals surface area contributed by atoms with Gasteiger partial charge in [-0.25, -0.2) is 14.6 Å². The second kappa shape index (κ2) is 8.85. The Morgan fingerprint density at radius 3 is 2.62 bits per heavy atom. The molecule has 0 radical (unpaired) electrons. The van der Waals surface area contributed by atoms with E-state index in [1.54, 1.807) is 0 Å². The van der Waals surface area contributed by atoms with Crippen molar-refractivity contribution in [2.75, 3.05) is 51.3 Å². The second-order valence-corrected chi connectivity index (χ2v) is 9.47. The summed E-state index contributed by atoms with van der Waals surface area (Å²) < 4.78 is 9.80. The van der Waals surface area contributed by atoms with Crippen LogP contribution in [0.1, 0.15) is 24.4 Å². The quantitative estimate of drug-likeness (QED) is 0.466. The predicted molar refractivity (Wildman–Crippen MR) is 134 cm³/mol. The van der Waals surface area contributed by atoms with Crippen molar-refractivity contribution >= 4 is 16.9 Å². The lowest BCUT2D eigenvalue weighted by Crippen LogP contribution is -2.36. The number of nitrogens with zero attached hydrogens (tertiary/aromatic N) is 7. The Bertz CT molecular complexity index is 1300. The van der Waals surface area contributed by atoms with Gasteiger partial charge in [-0.15, -0.1) is 0 Å². The van der Waals surface area contributed by atoms with Crippen molar-refractivity contribution in [3.63, 3.8) is 0 Å². The van der Waals surface area contributed by atoms with Gasteiger partial charge in [-0.05, 0) is 52.0 Å². The number of hydrogen-bond donors (Lipinski definition) is 0. The molecule has 0 saturated carbocycles. The largest absolute Gasteiger partial charge is 0.378 e. The van der Waals surface area contributed by atoms with Gasteiger partial charge in [-0.3, -0.25) is 0 Å². The summed E-state index contributed by atoms with van der Waals surface area (Å²) in [5.74, 6) is 0.822. The van der Waals surface area contributed by atoms with Crippen molar-refractivity contribution in [2.45, 2.75) is 25.8 Å². The fourth-order valence-electron chi connectivity index (χ4n) is 5.09. The van der Waals surface area contributed by atoms with Crippen LogP contribution in [0.3, 0.4) is 0 Å². The van der Waals surface area contributed by atoms with E-state index in [9.17, 15) is 0 Å². The standard InChI is InChI=1S/C26H31N7O/c1-19-4-3-5-20(16-19)22-8-11-33(29-22)24-17-23(31-12-14-34-15-13-31)25-26(28-24)32(18-27-25)21-6-9-30(2)10-7-21/h3-5,8,11,16-18,21H,6-7,9-10,12-15H2,1-2H3. The van der Waals surface area contributed by atoms with E-state index in [1.807, 2.05) is 17.2 Å². The maximum absolute atomic E-state index is 5.62. The summed E-state index contributed by atoms with van der Waals surface area (Å²) in [5, 5.41) is 4.90. The van der Waals surface area contributed by atoms with E-state index in [0.717, 1.165) is 86.2 Å². The minimum absolute atomic E-state index is 0.418. The Morgan fingerprint density at radius 1 is 1.00 bits per heavy atom. The van der Waals surface area contributed by atoms with Crippen LogP contribution in [-0.4, -0.2) is 75.7 Å². The monoisotopic (exact) mass is 457 g/mol. The van der Waals surface area contributed by atoms with E-state index >= 15 is 0 Å². The highest BCUT2D eigenvalue weighted by Gasteiger charge is 2.24. The third-order valence-electron chi connectivity index (χ3n) is 7.07. The molecule has 8 nitrogen and oxygen atoms in total. The molecule has 4 aromatic rings. The lowest BCUT2D eigenvalue weighted by atomic mass is 10.1. The van der Waals surface area contributed by atoms with Gasteiger partial charge < -0.3 is 19.1 Å². The van der Waals surface area contributed by atoms with Gasteiger partial charge in [-0.2, -0.15) is 5.10 Å². The molecule has 0 unspecified atom stereocenters. The van der Waals surface area contributed by atoms with Crippen LogP contribution < -0.4 is 4.90 Å². The maximum Gasteiger partial charge on any atom is 0.164 e. The van der Waals surface area contributed by atoms with Gasteiger partial charge in [0.2, 0.25) is 0 Å². The number of fused-ring (bicyclic) bond motifs is 1. The molecule has 2 fully saturated rings. The highest BCUT2D eigenvalue weighted by atomic mass is 16.5. The molecule has 0 amide bonds. The Kier molecular flexibility index (Phi) is 5.55. The van der Waals surface area contributed by atoms with E-state index < -0.39 is 0 Å². The van der Waals surface area contributed by atoms with E-state index in [1.165, 1.54) is 5.56 Å². The van der Waals surface area contributed by atoms with Crippen LogP contribution in [0.5, 0.6) is 0 Å². The number of imidazole rings is 1. The number of benzene rings is 1. The smallest absolute Gasteiger partial charge is 0.164 e. The van der Waals surface area contributed by atoms with Gasteiger partial charge in [0.25, 0.3) is 0 Å². The Morgan fingerprint density at radius 2 is 1.82 bits per heavy atom. The Hall–Kier alpha value is -3.23. The molecule has 2 saturated heterocycles. The fourth-order valence-corrected chi connectivity index (χ4v) is 5.09. The number of rotatable bonds is 4. The van der Waals surface area contributed by atoms with Crippen molar-refractivity contribution in [1.29, 1.82) is 0 Å². The molecule has 2 aliphatic heterocycles. The normalized spacial score (nSPS) is 18.1. The Labute approximate surface area is 199 Å². The molecule has 5 heterocycles. The first-order valence-corrected chi connectivity index (χ1v) is 12.2.